The van der Waals surface area contributed by atoms with Crippen LogP contribution in [0.15, 0.2) is 18.2 Å². The van der Waals surface area contributed by atoms with Crippen LogP contribution in [-0.2, 0) is 12.6 Å². The fourth-order valence-corrected chi connectivity index (χ4v) is 1.58. The van der Waals surface area contributed by atoms with Gasteiger partial charge in [-0.3, -0.25) is 0 Å². The van der Waals surface area contributed by atoms with Crippen LogP contribution in [0.4, 0.5) is 13.2 Å². The largest absolute Gasteiger partial charge is 0.416 e. The van der Waals surface area contributed by atoms with Crippen molar-refractivity contribution in [1.82, 2.24) is 0 Å². The molecule has 0 aromatic heterocycles. The van der Waals surface area contributed by atoms with Crippen molar-refractivity contribution in [1.29, 1.82) is 0 Å². The molecule has 0 fully saturated rings. The van der Waals surface area contributed by atoms with Gasteiger partial charge in [0.25, 0.3) is 0 Å². The van der Waals surface area contributed by atoms with E-state index in [0.29, 0.717) is 0 Å². The Bertz CT molecular complexity index is 330. The molecule has 1 aliphatic heterocycles. The van der Waals surface area contributed by atoms with Crippen molar-refractivity contribution in [3.05, 3.63) is 29.3 Å². The zero-order chi connectivity index (χ0) is 9.47. The first kappa shape index (κ1) is 8.66. The smallest absolute Gasteiger partial charge is 0.166 e. The minimum absolute atomic E-state index is 0.540. The Morgan fingerprint density at radius 3 is 2.69 bits per heavy atom. The van der Waals surface area contributed by atoms with Gasteiger partial charge >= 0.3 is 6.18 Å². The molecule has 0 saturated carbocycles. The number of alkyl halides is 3. The van der Waals surface area contributed by atoms with Gasteiger partial charge in [0, 0.05) is 0 Å². The van der Waals surface area contributed by atoms with Gasteiger partial charge < -0.3 is 0 Å². The van der Waals surface area contributed by atoms with Crippen LogP contribution in [0.3, 0.4) is 0 Å². The van der Waals surface area contributed by atoms with Crippen LogP contribution in [0.5, 0.6) is 0 Å². The molecule has 0 N–H and O–H groups in total. The molecule has 4 heteroatoms. The van der Waals surface area contributed by atoms with E-state index in [1.807, 2.05) is 7.28 Å². The van der Waals surface area contributed by atoms with E-state index in [4.69, 9.17) is 0 Å². The van der Waals surface area contributed by atoms with Crippen molar-refractivity contribution in [2.45, 2.75) is 18.9 Å². The number of hydrogen-bond donors (Lipinski definition) is 0. The molecule has 0 bridgehead atoms. The van der Waals surface area contributed by atoms with Crippen LogP contribution in [0, 0.1) is 0 Å². The molecule has 0 unspecified atom stereocenters. The molecule has 13 heavy (non-hydrogen) atoms. The molecule has 1 aliphatic rings. The van der Waals surface area contributed by atoms with Gasteiger partial charge in [0.15, 0.2) is 7.28 Å². The molecular weight excluding hydrogens is 176 g/mol. The fraction of sp³-hybridized carbons (Fsp3) is 0.333. The van der Waals surface area contributed by atoms with E-state index in [1.165, 1.54) is 6.07 Å². The molecule has 1 radical (unpaired) electrons. The Hall–Kier alpha value is -0.925. The molecule has 0 amide bonds. The minimum Gasteiger partial charge on any atom is -0.166 e. The second kappa shape index (κ2) is 2.79. The van der Waals surface area contributed by atoms with Gasteiger partial charge in [0.1, 0.15) is 0 Å². The number of benzene rings is 1. The van der Waals surface area contributed by atoms with Gasteiger partial charge in [-0.05, 0) is 12.5 Å². The zero-order valence-corrected chi connectivity index (χ0v) is 6.86. The van der Waals surface area contributed by atoms with Gasteiger partial charge in [-0.25, -0.2) is 0 Å². The molecule has 1 heterocycles. The summed E-state index contributed by atoms with van der Waals surface area (Å²) in [6.45, 7) is 0. The molecule has 0 nitrogen and oxygen atoms in total. The summed E-state index contributed by atoms with van der Waals surface area (Å²) in [7, 11) is 1.97. The standard InChI is InChI=1S/C9H7BF3/c11-9(12,13)7-1-2-8-6(5-7)3-4-10-8/h1-2,5H,3-4H2. The summed E-state index contributed by atoms with van der Waals surface area (Å²) >= 11 is 0. The average Bonchev–Trinajstić information content (AvgIpc) is 2.47. The number of rotatable bonds is 0. The van der Waals surface area contributed by atoms with Gasteiger partial charge in [-0.2, -0.15) is 13.2 Å². The molecule has 0 atom stereocenters. The highest BCUT2D eigenvalue weighted by Gasteiger charge is 2.31. The third kappa shape index (κ3) is 1.57. The quantitative estimate of drug-likeness (QED) is 0.539. The Kier molecular flexibility index (Phi) is 1.86. The summed E-state index contributed by atoms with van der Waals surface area (Å²) in [6, 6.07) is 3.94. The van der Waals surface area contributed by atoms with Crippen LogP contribution in [0.2, 0.25) is 6.32 Å². The number of halogens is 3. The Balaban J connectivity index is 2.42. The lowest BCUT2D eigenvalue weighted by atomic mass is 9.72. The summed E-state index contributed by atoms with van der Waals surface area (Å²) in [5.74, 6) is 0. The summed E-state index contributed by atoms with van der Waals surface area (Å²) < 4.78 is 36.7. The first-order chi connectivity index (χ1) is 6.07. The molecule has 0 aliphatic carbocycles. The third-order valence-electron chi connectivity index (χ3n) is 2.25. The summed E-state index contributed by atoms with van der Waals surface area (Å²) in [5.41, 5.74) is 1.23. The van der Waals surface area contributed by atoms with Crippen LogP contribution < -0.4 is 5.46 Å². The van der Waals surface area contributed by atoms with E-state index >= 15 is 0 Å². The fourth-order valence-electron chi connectivity index (χ4n) is 1.58. The Morgan fingerprint density at radius 2 is 2.00 bits per heavy atom. The average molecular weight is 183 g/mol. The molecule has 67 valence electrons. The highest BCUT2D eigenvalue weighted by atomic mass is 19.4. The predicted octanol–water partition coefficient (Wildman–Crippen LogP) is 2.01. The second-order valence-electron chi connectivity index (χ2n) is 3.15. The van der Waals surface area contributed by atoms with Gasteiger partial charge in [-0.15, -0.1) is 0 Å². The number of hydrogen-bond acceptors (Lipinski definition) is 0. The Labute approximate surface area is 75.0 Å². The lowest BCUT2D eigenvalue weighted by Crippen LogP contribution is -2.13. The normalized spacial score (nSPS) is 15.3. The first-order valence-electron chi connectivity index (χ1n) is 4.11. The molecule has 0 saturated heterocycles. The van der Waals surface area contributed by atoms with Crippen LogP contribution in [0.25, 0.3) is 0 Å². The van der Waals surface area contributed by atoms with Crippen molar-refractivity contribution in [3.8, 4) is 0 Å². The van der Waals surface area contributed by atoms with Crippen molar-refractivity contribution in [2.24, 2.45) is 0 Å². The van der Waals surface area contributed by atoms with Crippen molar-refractivity contribution in [3.63, 3.8) is 0 Å². The minimum atomic E-state index is -4.21. The van der Waals surface area contributed by atoms with Crippen molar-refractivity contribution in [2.75, 3.05) is 0 Å². The molecule has 2 rings (SSSR count). The van der Waals surface area contributed by atoms with Crippen LogP contribution >= 0.6 is 0 Å². The first-order valence-corrected chi connectivity index (χ1v) is 4.11. The topological polar surface area (TPSA) is 0 Å². The SMILES string of the molecule is FC(F)(F)c1ccc2c(c1)CC[B]2. The number of aryl methyl sites for hydroxylation is 1. The van der Waals surface area contributed by atoms with Gasteiger partial charge in [0.2, 0.25) is 0 Å². The highest BCUT2D eigenvalue weighted by Crippen LogP contribution is 2.29. The molecule has 1 aromatic carbocycles. The highest BCUT2D eigenvalue weighted by molar-refractivity contribution is 6.55. The van der Waals surface area contributed by atoms with E-state index in [0.717, 1.165) is 29.8 Å². The van der Waals surface area contributed by atoms with Crippen LogP contribution in [-0.4, -0.2) is 7.28 Å². The molecular formula is C9H7BF3. The van der Waals surface area contributed by atoms with E-state index in [1.54, 1.807) is 6.07 Å². The third-order valence-corrected chi connectivity index (χ3v) is 2.25. The zero-order valence-electron chi connectivity index (χ0n) is 6.86. The maximum atomic E-state index is 12.2. The van der Waals surface area contributed by atoms with Crippen LogP contribution in [0.1, 0.15) is 11.1 Å². The predicted molar refractivity (Wildman–Crippen MR) is 45.3 cm³/mol. The summed E-state index contributed by atoms with van der Waals surface area (Å²) in [5, 5.41) is 0. The lowest BCUT2D eigenvalue weighted by molar-refractivity contribution is -0.137. The van der Waals surface area contributed by atoms with Gasteiger partial charge in [0.05, 0.1) is 5.56 Å². The summed E-state index contributed by atoms with van der Waals surface area (Å²) in [6.07, 6.45) is -2.62. The van der Waals surface area contributed by atoms with E-state index in [-0.39, 0.29) is 0 Å². The van der Waals surface area contributed by atoms with Gasteiger partial charge in [-0.1, -0.05) is 29.5 Å². The molecule has 1 aromatic rings. The lowest BCUT2D eigenvalue weighted by Gasteiger charge is -2.08. The number of fused-ring (bicyclic) bond motifs is 1. The molecule has 0 spiro atoms. The van der Waals surface area contributed by atoms with Crippen molar-refractivity contribution >= 4 is 12.7 Å². The maximum absolute atomic E-state index is 12.2. The second-order valence-corrected chi connectivity index (χ2v) is 3.15. The van der Waals surface area contributed by atoms with E-state index in [9.17, 15) is 13.2 Å². The van der Waals surface area contributed by atoms with E-state index < -0.39 is 11.7 Å². The summed E-state index contributed by atoms with van der Waals surface area (Å²) in [4.78, 5) is 0. The van der Waals surface area contributed by atoms with Crippen molar-refractivity contribution < 1.29 is 13.2 Å². The monoisotopic (exact) mass is 183 g/mol. The van der Waals surface area contributed by atoms with E-state index in [2.05, 4.69) is 0 Å². The maximum Gasteiger partial charge on any atom is 0.416 e. The Morgan fingerprint density at radius 1 is 1.23 bits per heavy atom.